The zero-order valence-electron chi connectivity index (χ0n) is 18.3. The van der Waals surface area contributed by atoms with Crippen LogP contribution in [0.25, 0.3) is 10.9 Å². The highest BCUT2D eigenvalue weighted by Crippen LogP contribution is 2.19. The molecule has 13 nitrogen and oxygen atoms in total. The molecule has 0 bridgehead atoms. The molecule has 0 fully saturated rings. The molecule has 0 radical (unpaired) electrons. The Balaban J connectivity index is 2.05. The second-order valence-corrected chi connectivity index (χ2v) is 7.67. The number of carbonyl (C=O) groups is 5. The third-order valence-corrected chi connectivity index (χ3v) is 4.99. The molecule has 2 aromatic rings. The number of hydrogen-bond donors (Lipinski definition) is 8. The first-order valence-electron chi connectivity index (χ1n) is 10.3. The molecular weight excluding hydrogens is 450 g/mol. The molecule has 0 spiro atoms. The number of carboxylic acid groups (broad SMARTS) is 2. The highest BCUT2D eigenvalue weighted by molar-refractivity contribution is 5.94. The van der Waals surface area contributed by atoms with Crippen LogP contribution < -0.4 is 21.7 Å². The smallest absolute Gasteiger partial charge is 0.326 e. The van der Waals surface area contributed by atoms with Gasteiger partial charge in [0.2, 0.25) is 17.7 Å². The fourth-order valence-electron chi connectivity index (χ4n) is 3.13. The standard InChI is InChI=1S/C21H27N5O8/c1-10(27)18(22)20(32)24-9-16(28)25-14(7-17(29)30)19(31)26-15(21(33)34)6-11-8-23-13-5-3-2-4-12(11)13/h2-5,8,10,14-15,18,23,27H,6-7,9,22H2,1H3,(H,24,32)(H,25,28)(H,26,31)(H,29,30)(H,33,34). The lowest BCUT2D eigenvalue weighted by molar-refractivity contribution is -0.143. The minimum atomic E-state index is -1.60. The first-order valence-corrected chi connectivity index (χ1v) is 10.3. The Morgan fingerprint density at radius 2 is 1.71 bits per heavy atom. The van der Waals surface area contributed by atoms with Gasteiger partial charge < -0.3 is 42.0 Å². The van der Waals surface area contributed by atoms with Crippen LogP contribution in [-0.2, 0) is 30.4 Å². The van der Waals surface area contributed by atoms with Crippen LogP contribution in [0, 0.1) is 0 Å². The van der Waals surface area contributed by atoms with Crippen LogP contribution in [0.2, 0.25) is 0 Å². The number of nitrogens with one attached hydrogen (secondary N) is 4. The van der Waals surface area contributed by atoms with E-state index in [9.17, 15) is 34.2 Å². The number of hydrogen-bond acceptors (Lipinski definition) is 7. The zero-order chi connectivity index (χ0) is 25.4. The number of nitrogens with two attached hydrogens (primary N) is 1. The molecule has 184 valence electrons. The monoisotopic (exact) mass is 477 g/mol. The largest absolute Gasteiger partial charge is 0.481 e. The van der Waals surface area contributed by atoms with E-state index >= 15 is 0 Å². The van der Waals surface area contributed by atoms with E-state index in [-0.39, 0.29) is 6.42 Å². The highest BCUT2D eigenvalue weighted by atomic mass is 16.4. The van der Waals surface area contributed by atoms with Gasteiger partial charge in [0.25, 0.3) is 0 Å². The van der Waals surface area contributed by atoms with Crippen LogP contribution in [0.4, 0.5) is 0 Å². The van der Waals surface area contributed by atoms with E-state index in [1.165, 1.54) is 6.92 Å². The number of aliphatic hydroxyl groups is 1. The van der Waals surface area contributed by atoms with Crippen molar-refractivity contribution in [3.8, 4) is 0 Å². The Kier molecular flexibility index (Phi) is 9.10. The van der Waals surface area contributed by atoms with Crippen molar-refractivity contribution in [2.45, 2.75) is 44.0 Å². The number of carbonyl (C=O) groups excluding carboxylic acids is 3. The normalized spacial score (nSPS) is 14.4. The first kappa shape index (κ1) is 26.3. The number of para-hydroxylation sites is 1. The molecule has 0 aliphatic carbocycles. The molecule has 2 rings (SSSR count). The highest BCUT2D eigenvalue weighted by Gasteiger charge is 2.29. The predicted molar refractivity (Wildman–Crippen MR) is 118 cm³/mol. The van der Waals surface area contributed by atoms with E-state index in [1.807, 2.05) is 0 Å². The van der Waals surface area contributed by atoms with E-state index in [2.05, 4.69) is 20.9 Å². The van der Waals surface area contributed by atoms with Gasteiger partial charge in [0.15, 0.2) is 0 Å². The van der Waals surface area contributed by atoms with Gasteiger partial charge in [-0.15, -0.1) is 0 Å². The Labute approximate surface area is 193 Å². The lowest BCUT2D eigenvalue weighted by Crippen LogP contribution is -2.55. The molecule has 9 N–H and O–H groups in total. The summed E-state index contributed by atoms with van der Waals surface area (Å²) in [6, 6.07) is 2.89. The topological polar surface area (TPSA) is 224 Å². The Hall–Kier alpha value is -3.97. The molecule has 4 unspecified atom stereocenters. The van der Waals surface area contributed by atoms with Gasteiger partial charge >= 0.3 is 11.9 Å². The Bertz CT molecular complexity index is 1070. The molecule has 1 aromatic carbocycles. The van der Waals surface area contributed by atoms with Gasteiger partial charge in [0.05, 0.1) is 19.1 Å². The quantitative estimate of drug-likeness (QED) is 0.170. The fraction of sp³-hybridized carbons (Fsp3) is 0.381. The molecule has 3 amide bonds. The lowest BCUT2D eigenvalue weighted by Gasteiger charge is -2.21. The number of aromatic nitrogens is 1. The number of aromatic amines is 1. The maximum Gasteiger partial charge on any atom is 0.326 e. The third kappa shape index (κ3) is 7.28. The second kappa shape index (κ2) is 11.8. The second-order valence-electron chi connectivity index (χ2n) is 7.67. The summed E-state index contributed by atoms with van der Waals surface area (Å²) in [5.41, 5.74) is 6.84. The number of H-pyrrole nitrogens is 1. The van der Waals surface area contributed by atoms with Crippen molar-refractivity contribution in [1.29, 1.82) is 0 Å². The third-order valence-electron chi connectivity index (χ3n) is 4.99. The summed E-state index contributed by atoms with van der Waals surface area (Å²) in [6.07, 6.45) is -0.465. The molecule has 0 saturated heterocycles. The molecule has 1 aromatic heterocycles. The molecule has 4 atom stereocenters. The minimum Gasteiger partial charge on any atom is -0.481 e. The number of amides is 3. The number of carboxylic acids is 2. The number of rotatable bonds is 12. The first-order chi connectivity index (χ1) is 16.0. The van der Waals surface area contributed by atoms with Crippen LogP contribution in [0.1, 0.15) is 18.9 Å². The van der Waals surface area contributed by atoms with Crippen LogP contribution in [0.15, 0.2) is 30.5 Å². The molecular formula is C21H27N5O8. The van der Waals surface area contributed by atoms with Gasteiger partial charge in [-0.1, -0.05) is 18.2 Å². The SMILES string of the molecule is CC(O)C(N)C(=O)NCC(=O)NC(CC(=O)O)C(=O)NC(Cc1c[nH]c2ccccc12)C(=O)O. The molecule has 0 aliphatic heterocycles. The minimum absolute atomic E-state index is 0.0912. The van der Waals surface area contributed by atoms with Gasteiger partial charge in [-0.3, -0.25) is 19.2 Å². The summed E-state index contributed by atoms with van der Waals surface area (Å²) >= 11 is 0. The number of aliphatic carboxylic acids is 2. The molecule has 0 saturated carbocycles. The summed E-state index contributed by atoms with van der Waals surface area (Å²) in [5.74, 6) is -5.51. The van der Waals surface area contributed by atoms with Crippen molar-refractivity contribution in [2.75, 3.05) is 6.54 Å². The number of fused-ring (bicyclic) bond motifs is 1. The van der Waals surface area contributed by atoms with Crippen molar-refractivity contribution in [2.24, 2.45) is 5.73 Å². The van der Waals surface area contributed by atoms with Gasteiger partial charge in [0.1, 0.15) is 18.1 Å². The molecule has 34 heavy (non-hydrogen) atoms. The van der Waals surface area contributed by atoms with Gasteiger partial charge in [0, 0.05) is 23.5 Å². The summed E-state index contributed by atoms with van der Waals surface area (Å²) in [7, 11) is 0. The summed E-state index contributed by atoms with van der Waals surface area (Å²) < 4.78 is 0. The summed E-state index contributed by atoms with van der Waals surface area (Å²) in [6.45, 7) is 0.646. The Morgan fingerprint density at radius 3 is 2.32 bits per heavy atom. The lowest BCUT2D eigenvalue weighted by atomic mass is 10.0. The van der Waals surface area contributed by atoms with Crippen molar-refractivity contribution in [1.82, 2.24) is 20.9 Å². The molecule has 0 aliphatic rings. The predicted octanol–water partition coefficient (Wildman–Crippen LogP) is -1.94. The van der Waals surface area contributed by atoms with E-state index in [0.717, 1.165) is 10.9 Å². The van der Waals surface area contributed by atoms with Crippen LogP contribution in [0.3, 0.4) is 0 Å². The van der Waals surface area contributed by atoms with E-state index in [1.54, 1.807) is 30.5 Å². The van der Waals surface area contributed by atoms with Gasteiger partial charge in [-0.2, -0.15) is 0 Å². The van der Waals surface area contributed by atoms with Crippen molar-refractivity contribution >= 4 is 40.6 Å². The molecule has 1 heterocycles. The van der Waals surface area contributed by atoms with Crippen LogP contribution in [-0.4, -0.2) is 80.7 Å². The average molecular weight is 477 g/mol. The van der Waals surface area contributed by atoms with E-state index < -0.39 is 66.9 Å². The van der Waals surface area contributed by atoms with E-state index in [0.29, 0.717) is 5.56 Å². The van der Waals surface area contributed by atoms with Crippen molar-refractivity contribution in [3.63, 3.8) is 0 Å². The number of benzene rings is 1. The average Bonchev–Trinajstić information content (AvgIpc) is 3.18. The van der Waals surface area contributed by atoms with Crippen LogP contribution in [0.5, 0.6) is 0 Å². The summed E-state index contributed by atoms with van der Waals surface area (Å²) in [5, 5.41) is 35.3. The van der Waals surface area contributed by atoms with Crippen molar-refractivity contribution < 1.29 is 39.3 Å². The van der Waals surface area contributed by atoms with Crippen LogP contribution >= 0.6 is 0 Å². The summed E-state index contributed by atoms with van der Waals surface area (Å²) in [4.78, 5) is 62.5. The molecule has 13 heteroatoms. The Morgan fingerprint density at radius 1 is 1.03 bits per heavy atom. The van der Waals surface area contributed by atoms with E-state index in [4.69, 9.17) is 10.8 Å². The number of aliphatic hydroxyl groups excluding tert-OH is 1. The van der Waals surface area contributed by atoms with Gasteiger partial charge in [-0.05, 0) is 18.6 Å². The maximum atomic E-state index is 12.7. The maximum absolute atomic E-state index is 12.7. The fourth-order valence-corrected chi connectivity index (χ4v) is 3.13. The zero-order valence-corrected chi connectivity index (χ0v) is 18.3. The van der Waals surface area contributed by atoms with Crippen molar-refractivity contribution in [3.05, 3.63) is 36.0 Å². The van der Waals surface area contributed by atoms with Gasteiger partial charge in [-0.25, -0.2) is 4.79 Å².